The first-order valence-corrected chi connectivity index (χ1v) is 12.7. The first-order valence-electron chi connectivity index (χ1n) is 10.7. The van der Waals surface area contributed by atoms with E-state index in [1.807, 2.05) is 6.07 Å². The van der Waals surface area contributed by atoms with Crippen LogP contribution in [0.3, 0.4) is 0 Å². The Morgan fingerprint density at radius 1 is 1.18 bits per heavy atom. The zero-order chi connectivity index (χ0) is 23.8. The number of hydrogen-bond acceptors (Lipinski definition) is 4. The summed E-state index contributed by atoms with van der Waals surface area (Å²) in [4.78, 5) is 17.7. The van der Waals surface area contributed by atoms with Crippen LogP contribution in [0.4, 0.5) is 18.9 Å². The molecule has 1 aromatic heterocycles. The van der Waals surface area contributed by atoms with Crippen molar-refractivity contribution in [1.82, 2.24) is 9.88 Å². The Balaban J connectivity index is 1.47. The summed E-state index contributed by atoms with van der Waals surface area (Å²) < 4.78 is 41.9. The average Bonchev–Trinajstić information content (AvgIpc) is 3.20. The second-order valence-corrected chi connectivity index (χ2v) is 10.5. The van der Waals surface area contributed by atoms with Crippen LogP contribution >= 0.6 is 35.0 Å². The van der Waals surface area contributed by atoms with Crippen LogP contribution in [0.1, 0.15) is 35.7 Å². The van der Waals surface area contributed by atoms with Gasteiger partial charge in [-0.25, -0.2) is 0 Å². The van der Waals surface area contributed by atoms with Gasteiger partial charge in [-0.1, -0.05) is 29.3 Å². The lowest BCUT2D eigenvalue weighted by Gasteiger charge is -2.33. The molecule has 0 radical (unpaired) electrons. The number of aromatic nitrogens is 1. The van der Waals surface area contributed by atoms with Gasteiger partial charge < -0.3 is 10.2 Å². The van der Waals surface area contributed by atoms with E-state index in [0.29, 0.717) is 35.0 Å². The fourth-order valence-electron chi connectivity index (χ4n) is 4.56. The molecule has 0 saturated carbocycles. The summed E-state index contributed by atoms with van der Waals surface area (Å²) >= 11 is 14.1. The van der Waals surface area contributed by atoms with Crippen LogP contribution < -0.4 is 5.32 Å². The normalized spacial score (nSPS) is 19.8. The van der Waals surface area contributed by atoms with Gasteiger partial charge in [-0.3, -0.25) is 9.78 Å². The molecular formula is C23H24Cl2F3N3OS. The largest absolute Gasteiger partial charge is 0.414 e. The quantitative estimate of drug-likeness (QED) is 0.514. The standard InChI is InChI=1S/C23H24Cl2F3N3OS/c1-31(22(32)13-6-8-33-9-7-13)21(23(26,27)28)19-5-3-15(12-29-19)30-16-10-14-2-4-18(24)20(25)17(14)11-16/h2-5,12-13,16,21,30H,6-11H2,1H3/t16?,21-/m0/s1. The molecular weight excluding hydrogens is 494 g/mol. The number of pyridine rings is 1. The summed E-state index contributed by atoms with van der Waals surface area (Å²) in [6.45, 7) is 0. The summed E-state index contributed by atoms with van der Waals surface area (Å²) in [7, 11) is 1.22. The molecule has 1 unspecified atom stereocenters. The van der Waals surface area contributed by atoms with E-state index in [9.17, 15) is 18.0 Å². The van der Waals surface area contributed by atoms with Crippen LogP contribution in [0.25, 0.3) is 0 Å². The Bertz CT molecular complexity index is 1010. The Kier molecular flexibility index (Phi) is 7.36. The highest BCUT2D eigenvalue weighted by atomic mass is 35.5. The molecule has 2 aliphatic rings. The molecule has 33 heavy (non-hydrogen) atoms. The third-order valence-corrected chi connectivity index (χ3v) is 8.15. The predicted octanol–water partition coefficient (Wildman–Crippen LogP) is 6.17. The minimum atomic E-state index is -4.63. The highest BCUT2D eigenvalue weighted by Gasteiger charge is 2.47. The Hall–Kier alpha value is -1.64. The van der Waals surface area contributed by atoms with Gasteiger partial charge in [0.1, 0.15) is 0 Å². The number of carbonyl (C=O) groups is 1. The molecule has 2 atom stereocenters. The molecule has 2 aromatic rings. The maximum absolute atomic E-state index is 14.0. The SMILES string of the molecule is CN(C(=O)C1CCSCC1)[C@@H](c1ccc(NC2Cc3ccc(Cl)c(Cl)c3C2)cn1)C(F)(F)F. The van der Waals surface area contributed by atoms with E-state index in [-0.39, 0.29) is 17.7 Å². The summed E-state index contributed by atoms with van der Waals surface area (Å²) in [6.07, 6.45) is -0.629. The number of nitrogens with zero attached hydrogens (tertiary/aromatic N) is 2. The molecule has 4 nitrogen and oxygen atoms in total. The molecule has 2 heterocycles. The van der Waals surface area contributed by atoms with Crippen molar-refractivity contribution in [3.8, 4) is 0 Å². The van der Waals surface area contributed by atoms with E-state index >= 15 is 0 Å². The number of benzene rings is 1. The fourth-order valence-corrected chi connectivity index (χ4v) is 6.11. The number of rotatable bonds is 5. The van der Waals surface area contributed by atoms with Crippen molar-refractivity contribution < 1.29 is 18.0 Å². The molecule has 1 aromatic carbocycles. The lowest BCUT2D eigenvalue weighted by molar-refractivity contribution is -0.191. The summed E-state index contributed by atoms with van der Waals surface area (Å²) in [5.74, 6) is 0.747. The number of amides is 1. The second kappa shape index (κ2) is 9.92. The van der Waals surface area contributed by atoms with Gasteiger partial charge in [-0.2, -0.15) is 24.9 Å². The fraction of sp³-hybridized carbons (Fsp3) is 0.478. The van der Waals surface area contributed by atoms with Gasteiger partial charge in [0.15, 0.2) is 6.04 Å². The maximum atomic E-state index is 14.0. The van der Waals surface area contributed by atoms with Crippen LogP contribution in [0.15, 0.2) is 30.5 Å². The highest BCUT2D eigenvalue weighted by Crippen LogP contribution is 2.39. The highest BCUT2D eigenvalue weighted by molar-refractivity contribution is 7.99. The molecule has 1 aliphatic heterocycles. The smallest absolute Gasteiger partial charge is 0.380 e. The van der Waals surface area contributed by atoms with E-state index in [2.05, 4.69) is 10.3 Å². The van der Waals surface area contributed by atoms with Crippen molar-refractivity contribution in [2.45, 2.75) is 43.9 Å². The van der Waals surface area contributed by atoms with Crippen molar-refractivity contribution >= 4 is 46.6 Å². The molecule has 1 N–H and O–H groups in total. The van der Waals surface area contributed by atoms with Crippen molar-refractivity contribution in [2.24, 2.45) is 5.92 Å². The minimum absolute atomic E-state index is 0.0375. The van der Waals surface area contributed by atoms with Gasteiger partial charge in [-0.05, 0) is 66.5 Å². The number of carbonyl (C=O) groups excluding carboxylic acids is 1. The van der Waals surface area contributed by atoms with Crippen molar-refractivity contribution in [3.05, 3.63) is 57.3 Å². The van der Waals surface area contributed by atoms with Crippen LogP contribution in [0, 0.1) is 5.92 Å². The molecule has 10 heteroatoms. The van der Waals surface area contributed by atoms with Gasteiger partial charge in [0.25, 0.3) is 0 Å². The Morgan fingerprint density at radius 3 is 2.55 bits per heavy atom. The van der Waals surface area contributed by atoms with Crippen LogP contribution in [-0.4, -0.2) is 46.6 Å². The molecule has 0 spiro atoms. The predicted molar refractivity (Wildman–Crippen MR) is 127 cm³/mol. The van der Waals surface area contributed by atoms with E-state index < -0.39 is 18.1 Å². The molecule has 1 fully saturated rings. The monoisotopic (exact) mass is 517 g/mol. The number of thioether (sulfide) groups is 1. The lowest BCUT2D eigenvalue weighted by Crippen LogP contribution is -2.43. The first-order chi connectivity index (χ1) is 15.6. The van der Waals surface area contributed by atoms with Gasteiger partial charge in [0.2, 0.25) is 5.91 Å². The molecule has 1 aliphatic carbocycles. The zero-order valence-electron chi connectivity index (χ0n) is 18.0. The number of fused-ring (bicyclic) bond motifs is 1. The van der Waals surface area contributed by atoms with E-state index in [1.165, 1.54) is 19.3 Å². The van der Waals surface area contributed by atoms with E-state index in [0.717, 1.165) is 34.0 Å². The first kappa shape index (κ1) is 24.5. The lowest BCUT2D eigenvalue weighted by atomic mass is 9.99. The number of alkyl halides is 3. The molecule has 4 rings (SSSR count). The van der Waals surface area contributed by atoms with Crippen LogP contribution in [0.5, 0.6) is 0 Å². The molecule has 0 bridgehead atoms. The number of halogens is 5. The summed E-state index contributed by atoms with van der Waals surface area (Å²) in [6, 6.07) is 4.59. The summed E-state index contributed by atoms with van der Waals surface area (Å²) in [5, 5.41) is 4.37. The topological polar surface area (TPSA) is 45.2 Å². The summed E-state index contributed by atoms with van der Waals surface area (Å²) in [5.41, 5.74) is 2.51. The molecule has 1 saturated heterocycles. The van der Waals surface area contributed by atoms with Gasteiger partial charge in [0.05, 0.1) is 27.6 Å². The number of anilines is 1. The van der Waals surface area contributed by atoms with Crippen LogP contribution in [0.2, 0.25) is 10.0 Å². The van der Waals surface area contributed by atoms with Gasteiger partial charge >= 0.3 is 6.18 Å². The Labute approximate surface area is 205 Å². The van der Waals surface area contributed by atoms with Crippen molar-refractivity contribution in [3.63, 3.8) is 0 Å². The van der Waals surface area contributed by atoms with E-state index in [1.54, 1.807) is 23.9 Å². The van der Waals surface area contributed by atoms with Gasteiger partial charge in [0, 0.05) is 19.0 Å². The number of hydrogen-bond donors (Lipinski definition) is 1. The second-order valence-electron chi connectivity index (χ2n) is 8.50. The Morgan fingerprint density at radius 2 is 1.91 bits per heavy atom. The van der Waals surface area contributed by atoms with E-state index in [4.69, 9.17) is 23.2 Å². The van der Waals surface area contributed by atoms with Crippen molar-refractivity contribution in [2.75, 3.05) is 23.9 Å². The third-order valence-electron chi connectivity index (χ3n) is 6.26. The maximum Gasteiger partial charge on any atom is 0.414 e. The molecule has 178 valence electrons. The zero-order valence-corrected chi connectivity index (χ0v) is 20.3. The third kappa shape index (κ3) is 5.38. The molecule has 1 amide bonds. The number of nitrogens with one attached hydrogen (secondary N) is 1. The van der Waals surface area contributed by atoms with Crippen LogP contribution in [-0.2, 0) is 17.6 Å². The van der Waals surface area contributed by atoms with Gasteiger partial charge in [-0.15, -0.1) is 0 Å². The van der Waals surface area contributed by atoms with Crippen molar-refractivity contribution in [1.29, 1.82) is 0 Å². The average molecular weight is 518 g/mol. The minimum Gasteiger partial charge on any atom is -0.380 e.